The van der Waals surface area contributed by atoms with Gasteiger partial charge < -0.3 is 10.1 Å². The fourth-order valence-corrected chi connectivity index (χ4v) is 6.82. The molecule has 1 aromatic carbocycles. The Balaban J connectivity index is 1.50. The third-order valence-corrected chi connectivity index (χ3v) is 8.51. The van der Waals surface area contributed by atoms with E-state index < -0.39 is 10.0 Å². The number of rotatable bonds is 7. The molecule has 1 fully saturated rings. The Morgan fingerprint density at radius 1 is 1.36 bits per heavy atom. The highest BCUT2D eigenvalue weighted by molar-refractivity contribution is 9.11. The molecule has 0 bridgehead atoms. The number of carbonyl (C=O) groups excluding carboxylic acids is 1. The summed E-state index contributed by atoms with van der Waals surface area (Å²) in [5.74, 6) is 0.303. The van der Waals surface area contributed by atoms with Crippen molar-refractivity contribution >= 4 is 43.2 Å². The van der Waals surface area contributed by atoms with E-state index in [-0.39, 0.29) is 18.4 Å². The van der Waals surface area contributed by atoms with Gasteiger partial charge in [-0.05, 0) is 65.5 Å². The number of halogens is 1. The third-order valence-electron chi connectivity index (χ3n) is 4.56. The first-order chi connectivity index (χ1) is 13.4. The summed E-state index contributed by atoms with van der Waals surface area (Å²) in [6, 6.07) is 11.0. The largest absolute Gasteiger partial charge is 0.492 e. The molecule has 1 aliphatic rings. The Kier molecular flexibility index (Phi) is 7.14. The van der Waals surface area contributed by atoms with Gasteiger partial charge in [-0.15, -0.1) is 11.3 Å². The van der Waals surface area contributed by atoms with Crippen molar-refractivity contribution in [3.05, 3.63) is 45.7 Å². The van der Waals surface area contributed by atoms with Crippen LogP contribution in [0.3, 0.4) is 0 Å². The number of aryl methyl sites for hydroxylation is 1. The average Bonchev–Trinajstić information content (AvgIpc) is 3.12. The summed E-state index contributed by atoms with van der Waals surface area (Å²) >= 11 is 4.48. The van der Waals surface area contributed by atoms with E-state index in [0.29, 0.717) is 36.7 Å². The van der Waals surface area contributed by atoms with E-state index >= 15 is 0 Å². The number of amides is 1. The molecule has 28 heavy (non-hydrogen) atoms. The van der Waals surface area contributed by atoms with Gasteiger partial charge in [0.2, 0.25) is 5.91 Å². The zero-order chi connectivity index (χ0) is 20.1. The molecule has 1 aromatic heterocycles. The van der Waals surface area contributed by atoms with Gasteiger partial charge in [-0.3, -0.25) is 4.79 Å². The maximum Gasteiger partial charge on any atom is 0.252 e. The van der Waals surface area contributed by atoms with Crippen LogP contribution in [0, 0.1) is 12.8 Å². The molecule has 2 heterocycles. The summed E-state index contributed by atoms with van der Waals surface area (Å²) in [7, 11) is -3.56. The normalized spacial score (nSPS) is 18.0. The van der Waals surface area contributed by atoms with E-state index in [1.807, 2.05) is 31.2 Å². The van der Waals surface area contributed by atoms with E-state index in [4.69, 9.17) is 4.74 Å². The van der Waals surface area contributed by atoms with Gasteiger partial charge in [-0.1, -0.05) is 12.1 Å². The van der Waals surface area contributed by atoms with Crippen LogP contribution in [-0.4, -0.2) is 44.9 Å². The van der Waals surface area contributed by atoms with E-state index in [9.17, 15) is 13.2 Å². The molecule has 1 amide bonds. The van der Waals surface area contributed by atoms with Crippen LogP contribution in [0.5, 0.6) is 5.75 Å². The molecular formula is C19H23BrN2O4S2. The maximum atomic E-state index is 12.8. The minimum atomic E-state index is -3.56. The molecule has 1 N–H and O–H groups in total. The van der Waals surface area contributed by atoms with Gasteiger partial charge in [0, 0.05) is 13.1 Å². The van der Waals surface area contributed by atoms with Crippen molar-refractivity contribution in [2.75, 3.05) is 26.2 Å². The highest BCUT2D eigenvalue weighted by Gasteiger charge is 2.33. The summed E-state index contributed by atoms with van der Waals surface area (Å²) in [5, 5.41) is 2.86. The van der Waals surface area contributed by atoms with Crippen LogP contribution in [0.25, 0.3) is 0 Å². The lowest BCUT2D eigenvalue weighted by molar-refractivity contribution is -0.126. The summed E-state index contributed by atoms with van der Waals surface area (Å²) in [5.41, 5.74) is 1.11. The van der Waals surface area contributed by atoms with Gasteiger partial charge in [0.25, 0.3) is 10.0 Å². The number of carbonyl (C=O) groups is 1. The number of ether oxygens (including phenoxy) is 1. The molecule has 2 aromatic rings. The topological polar surface area (TPSA) is 75.7 Å². The predicted octanol–water partition coefficient (Wildman–Crippen LogP) is 3.41. The molecule has 152 valence electrons. The average molecular weight is 487 g/mol. The summed E-state index contributed by atoms with van der Waals surface area (Å²) in [6.07, 6.45) is 1.36. The molecule has 9 heteroatoms. The number of sulfonamides is 1. The number of nitrogens with one attached hydrogen (secondary N) is 1. The van der Waals surface area contributed by atoms with Crippen molar-refractivity contribution in [1.29, 1.82) is 0 Å². The van der Waals surface area contributed by atoms with Crippen molar-refractivity contribution in [3.8, 4) is 5.75 Å². The Morgan fingerprint density at radius 3 is 2.89 bits per heavy atom. The second-order valence-corrected chi connectivity index (χ2v) is 11.3. The summed E-state index contributed by atoms with van der Waals surface area (Å²) < 4.78 is 33.7. The van der Waals surface area contributed by atoms with Crippen LogP contribution in [0.4, 0.5) is 0 Å². The van der Waals surface area contributed by atoms with Crippen LogP contribution < -0.4 is 10.1 Å². The first kappa shape index (κ1) is 21.3. The monoisotopic (exact) mass is 486 g/mol. The lowest BCUT2D eigenvalue weighted by atomic mass is 9.99. The number of piperidine rings is 1. The molecule has 1 aliphatic heterocycles. The Bertz CT molecular complexity index is 930. The van der Waals surface area contributed by atoms with E-state index in [2.05, 4.69) is 21.2 Å². The first-order valence-electron chi connectivity index (χ1n) is 9.09. The molecule has 1 atom stereocenters. The maximum absolute atomic E-state index is 12.8. The van der Waals surface area contributed by atoms with Crippen molar-refractivity contribution in [2.45, 2.75) is 24.0 Å². The van der Waals surface area contributed by atoms with Crippen molar-refractivity contribution in [1.82, 2.24) is 9.62 Å². The highest BCUT2D eigenvalue weighted by Crippen LogP contribution is 2.30. The zero-order valence-electron chi connectivity index (χ0n) is 15.6. The molecule has 0 aliphatic carbocycles. The van der Waals surface area contributed by atoms with E-state index in [0.717, 1.165) is 15.1 Å². The van der Waals surface area contributed by atoms with Gasteiger partial charge >= 0.3 is 0 Å². The Morgan fingerprint density at radius 2 is 2.18 bits per heavy atom. The molecule has 0 saturated carbocycles. The summed E-state index contributed by atoms with van der Waals surface area (Å²) in [6.45, 7) is 3.40. The zero-order valence-corrected chi connectivity index (χ0v) is 18.8. The Hall–Kier alpha value is -1.42. The van der Waals surface area contributed by atoms with Crippen LogP contribution in [-0.2, 0) is 14.8 Å². The third kappa shape index (κ3) is 5.34. The van der Waals surface area contributed by atoms with Gasteiger partial charge in [0.15, 0.2) is 0 Å². The van der Waals surface area contributed by atoms with Gasteiger partial charge in [0.1, 0.15) is 16.6 Å². The molecule has 6 nitrogen and oxygen atoms in total. The standard InChI is InChI=1S/C19H23BrN2O4S2/c1-14-4-2-6-16(12-14)26-11-9-21-19(23)15-5-3-10-22(13-15)28(24,25)18-8-7-17(20)27-18/h2,4,6-8,12,15H,3,5,9-11,13H2,1H3,(H,21,23). The van der Waals surface area contributed by atoms with E-state index in [1.54, 1.807) is 12.1 Å². The molecule has 0 radical (unpaired) electrons. The van der Waals surface area contributed by atoms with Crippen molar-refractivity contribution in [2.24, 2.45) is 5.92 Å². The quantitative estimate of drug-likeness (QED) is 0.608. The second-order valence-electron chi connectivity index (χ2n) is 6.72. The second kappa shape index (κ2) is 9.39. The number of hydrogen-bond donors (Lipinski definition) is 1. The fraction of sp³-hybridized carbons (Fsp3) is 0.421. The number of benzene rings is 1. The SMILES string of the molecule is Cc1cccc(OCCNC(=O)C2CCCN(S(=O)(=O)c3ccc(Br)s3)C2)c1. The van der Waals surface area contributed by atoms with Gasteiger partial charge in [0.05, 0.1) is 16.2 Å². The van der Waals surface area contributed by atoms with Crippen molar-refractivity contribution < 1.29 is 17.9 Å². The minimum Gasteiger partial charge on any atom is -0.492 e. The molecular weight excluding hydrogens is 464 g/mol. The number of nitrogens with zero attached hydrogens (tertiary/aromatic N) is 1. The molecule has 3 rings (SSSR count). The number of hydrogen-bond acceptors (Lipinski definition) is 5. The van der Waals surface area contributed by atoms with Crippen LogP contribution in [0.15, 0.2) is 44.4 Å². The predicted molar refractivity (Wildman–Crippen MR) is 113 cm³/mol. The highest BCUT2D eigenvalue weighted by atomic mass is 79.9. The first-order valence-corrected chi connectivity index (χ1v) is 12.1. The van der Waals surface area contributed by atoms with Gasteiger partial charge in [-0.2, -0.15) is 4.31 Å². The molecule has 1 saturated heterocycles. The summed E-state index contributed by atoms with van der Waals surface area (Å²) in [4.78, 5) is 12.5. The van der Waals surface area contributed by atoms with Gasteiger partial charge in [-0.25, -0.2) is 8.42 Å². The smallest absolute Gasteiger partial charge is 0.252 e. The van der Waals surface area contributed by atoms with Crippen molar-refractivity contribution in [3.63, 3.8) is 0 Å². The van der Waals surface area contributed by atoms with Crippen LogP contribution in [0.2, 0.25) is 0 Å². The fourth-order valence-electron chi connectivity index (χ4n) is 3.13. The molecule has 0 spiro atoms. The molecule has 1 unspecified atom stereocenters. The van der Waals surface area contributed by atoms with E-state index in [1.165, 1.54) is 15.6 Å². The minimum absolute atomic E-state index is 0.125. The number of thiophene rings is 1. The lowest BCUT2D eigenvalue weighted by Crippen LogP contribution is -2.45. The van der Waals surface area contributed by atoms with Crippen LogP contribution >= 0.6 is 27.3 Å². The lowest BCUT2D eigenvalue weighted by Gasteiger charge is -2.30. The van der Waals surface area contributed by atoms with Crippen LogP contribution in [0.1, 0.15) is 18.4 Å². The Labute approximate surface area is 178 Å².